The molecule has 0 atom stereocenters. The molecule has 2 N–H and O–H groups in total. The van der Waals surface area contributed by atoms with Gasteiger partial charge in [-0.2, -0.15) is 0 Å². The van der Waals surface area contributed by atoms with E-state index in [2.05, 4.69) is 11.9 Å². The number of aromatic nitrogens is 1. The Bertz CT molecular complexity index is 540. The van der Waals surface area contributed by atoms with E-state index >= 15 is 0 Å². The fraction of sp³-hybridized carbons (Fsp3) is 0.250. The predicted octanol–water partition coefficient (Wildman–Crippen LogP) is 3.56. The number of hydrogen-bond donors (Lipinski definition) is 1. The monoisotopic (exact) mass is 238 g/mol. The van der Waals surface area contributed by atoms with Gasteiger partial charge in [-0.3, -0.25) is 0 Å². The summed E-state index contributed by atoms with van der Waals surface area (Å²) < 4.78 is 13.1. The van der Waals surface area contributed by atoms with Crippen LogP contribution in [0.4, 0.5) is 10.2 Å². The van der Waals surface area contributed by atoms with E-state index in [1.54, 1.807) is 0 Å². The summed E-state index contributed by atoms with van der Waals surface area (Å²) in [5.74, 6) is 0.0589. The molecule has 2 rings (SSSR count). The van der Waals surface area contributed by atoms with Crippen LogP contribution in [0, 0.1) is 5.82 Å². The smallest absolute Gasteiger partial charge is 0.127 e. The third kappa shape index (κ3) is 1.95. The van der Waals surface area contributed by atoms with Crippen molar-refractivity contribution >= 4 is 28.3 Å². The lowest BCUT2D eigenvalue weighted by molar-refractivity contribution is 0.629. The Morgan fingerprint density at radius 3 is 2.81 bits per heavy atom. The SMILES string of the molecule is CCCc1cc2c(Cl)cc(F)cc2nc1N. The van der Waals surface area contributed by atoms with Crippen molar-refractivity contribution < 1.29 is 4.39 Å². The molecule has 0 aliphatic carbocycles. The molecule has 0 bridgehead atoms. The first kappa shape index (κ1) is 11.1. The predicted molar refractivity (Wildman–Crippen MR) is 65.1 cm³/mol. The molecule has 0 amide bonds. The Morgan fingerprint density at radius 2 is 2.12 bits per heavy atom. The Morgan fingerprint density at radius 1 is 1.38 bits per heavy atom. The van der Waals surface area contributed by atoms with Crippen LogP contribution in [-0.4, -0.2) is 4.98 Å². The van der Waals surface area contributed by atoms with Gasteiger partial charge in [-0.1, -0.05) is 24.9 Å². The zero-order valence-corrected chi connectivity index (χ0v) is 9.68. The number of anilines is 1. The van der Waals surface area contributed by atoms with Gasteiger partial charge in [0, 0.05) is 11.5 Å². The van der Waals surface area contributed by atoms with Gasteiger partial charge in [0.25, 0.3) is 0 Å². The molecule has 2 aromatic rings. The standard InChI is InChI=1S/C12H12ClFN2/c1-2-3-7-4-9-10(13)5-8(14)6-11(9)16-12(7)15/h4-6H,2-3H2,1H3,(H2,15,16). The van der Waals surface area contributed by atoms with Crippen molar-refractivity contribution in [3.63, 3.8) is 0 Å². The van der Waals surface area contributed by atoms with Crippen LogP contribution >= 0.6 is 11.6 Å². The highest BCUT2D eigenvalue weighted by atomic mass is 35.5. The molecule has 1 heterocycles. The van der Waals surface area contributed by atoms with Crippen molar-refractivity contribution in [1.82, 2.24) is 4.98 Å². The lowest BCUT2D eigenvalue weighted by atomic mass is 10.1. The average Bonchev–Trinajstić information content (AvgIpc) is 2.20. The molecule has 1 aromatic heterocycles. The Labute approximate surface area is 98.2 Å². The number of nitrogens with zero attached hydrogens (tertiary/aromatic N) is 1. The number of nitrogen functional groups attached to an aromatic ring is 1. The second kappa shape index (κ2) is 4.26. The fourth-order valence-corrected chi connectivity index (χ4v) is 1.98. The van der Waals surface area contributed by atoms with E-state index in [1.807, 2.05) is 6.07 Å². The van der Waals surface area contributed by atoms with Gasteiger partial charge in [0.2, 0.25) is 0 Å². The summed E-state index contributed by atoms with van der Waals surface area (Å²) >= 11 is 5.97. The highest BCUT2D eigenvalue weighted by Crippen LogP contribution is 2.27. The highest BCUT2D eigenvalue weighted by Gasteiger charge is 2.08. The summed E-state index contributed by atoms with van der Waals surface area (Å²) in [7, 11) is 0. The van der Waals surface area contributed by atoms with Crippen LogP contribution in [-0.2, 0) is 6.42 Å². The molecule has 0 spiro atoms. The highest BCUT2D eigenvalue weighted by molar-refractivity contribution is 6.35. The second-order valence-corrected chi connectivity index (χ2v) is 4.14. The third-order valence-corrected chi connectivity index (χ3v) is 2.79. The normalized spacial score (nSPS) is 10.9. The van der Waals surface area contributed by atoms with Crippen LogP contribution < -0.4 is 5.73 Å². The molecule has 4 heteroatoms. The molecule has 0 saturated carbocycles. The lowest BCUT2D eigenvalue weighted by Gasteiger charge is -2.07. The summed E-state index contributed by atoms with van der Waals surface area (Å²) in [6, 6.07) is 4.52. The van der Waals surface area contributed by atoms with Crippen LogP contribution in [0.3, 0.4) is 0 Å². The Hall–Kier alpha value is -1.35. The topological polar surface area (TPSA) is 38.9 Å². The van der Waals surface area contributed by atoms with Crippen LogP contribution in [0.15, 0.2) is 18.2 Å². The molecule has 0 radical (unpaired) electrons. The van der Waals surface area contributed by atoms with Gasteiger partial charge in [-0.05, 0) is 24.1 Å². The minimum atomic E-state index is -0.396. The van der Waals surface area contributed by atoms with E-state index in [1.165, 1.54) is 12.1 Å². The van der Waals surface area contributed by atoms with E-state index in [0.717, 1.165) is 23.8 Å². The maximum Gasteiger partial charge on any atom is 0.127 e. The minimum Gasteiger partial charge on any atom is -0.383 e. The van der Waals surface area contributed by atoms with Gasteiger partial charge in [-0.25, -0.2) is 9.37 Å². The third-order valence-electron chi connectivity index (χ3n) is 2.48. The first-order chi connectivity index (χ1) is 7.61. The quantitative estimate of drug-likeness (QED) is 0.869. The first-order valence-corrected chi connectivity index (χ1v) is 5.53. The molecule has 84 valence electrons. The van der Waals surface area contributed by atoms with Crippen LogP contribution in [0.25, 0.3) is 10.9 Å². The lowest BCUT2D eigenvalue weighted by Crippen LogP contribution is -1.98. The number of aryl methyl sites for hydroxylation is 1. The number of hydrogen-bond acceptors (Lipinski definition) is 2. The maximum absolute atomic E-state index is 13.1. The molecule has 16 heavy (non-hydrogen) atoms. The van der Waals surface area contributed by atoms with Crippen LogP contribution in [0.2, 0.25) is 5.02 Å². The van der Waals surface area contributed by atoms with E-state index in [4.69, 9.17) is 17.3 Å². The summed E-state index contributed by atoms with van der Waals surface area (Å²) in [5.41, 5.74) is 7.26. The van der Waals surface area contributed by atoms with Gasteiger partial charge in [-0.15, -0.1) is 0 Å². The van der Waals surface area contributed by atoms with Crippen molar-refractivity contribution in [3.05, 3.63) is 34.6 Å². The minimum absolute atomic E-state index is 0.375. The van der Waals surface area contributed by atoms with Crippen molar-refractivity contribution in [2.45, 2.75) is 19.8 Å². The van der Waals surface area contributed by atoms with E-state index in [-0.39, 0.29) is 0 Å². The first-order valence-electron chi connectivity index (χ1n) is 5.16. The number of nitrogens with two attached hydrogens (primary N) is 1. The van der Waals surface area contributed by atoms with Gasteiger partial charge < -0.3 is 5.73 Å². The number of halogens is 2. The molecule has 1 aromatic carbocycles. The van der Waals surface area contributed by atoms with Crippen LogP contribution in [0.5, 0.6) is 0 Å². The van der Waals surface area contributed by atoms with Crippen molar-refractivity contribution in [3.8, 4) is 0 Å². The van der Waals surface area contributed by atoms with Crippen molar-refractivity contribution in [2.75, 3.05) is 5.73 Å². The number of pyridine rings is 1. The van der Waals surface area contributed by atoms with Crippen molar-refractivity contribution in [1.29, 1.82) is 0 Å². The average molecular weight is 239 g/mol. The van der Waals surface area contributed by atoms with E-state index in [0.29, 0.717) is 16.4 Å². The molecular formula is C12H12ClFN2. The molecule has 0 fully saturated rings. The largest absolute Gasteiger partial charge is 0.383 e. The van der Waals surface area contributed by atoms with Gasteiger partial charge >= 0.3 is 0 Å². The number of benzene rings is 1. The molecular weight excluding hydrogens is 227 g/mol. The Kier molecular flexibility index (Phi) is 2.97. The summed E-state index contributed by atoms with van der Waals surface area (Å²) in [5, 5.41) is 1.13. The van der Waals surface area contributed by atoms with Gasteiger partial charge in [0.05, 0.1) is 10.5 Å². The van der Waals surface area contributed by atoms with E-state index < -0.39 is 5.82 Å². The number of rotatable bonds is 2. The maximum atomic E-state index is 13.1. The zero-order valence-electron chi connectivity index (χ0n) is 8.93. The summed E-state index contributed by atoms with van der Waals surface area (Å²) in [6.45, 7) is 2.07. The summed E-state index contributed by atoms with van der Waals surface area (Å²) in [4.78, 5) is 4.17. The molecule has 2 nitrogen and oxygen atoms in total. The fourth-order valence-electron chi connectivity index (χ4n) is 1.73. The Balaban J connectivity index is 2.69. The van der Waals surface area contributed by atoms with Crippen molar-refractivity contribution in [2.24, 2.45) is 0 Å². The molecule has 0 unspecified atom stereocenters. The number of fused-ring (bicyclic) bond motifs is 1. The van der Waals surface area contributed by atoms with E-state index in [9.17, 15) is 4.39 Å². The van der Waals surface area contributed by atoms with Crippen LogP contribution in [0.1, 0.15) is 18.9 Å². The molecule has 0 aliphatic heterocycles. The summed E-state index contributed by atoms with van der Waals surface area (Å²) in [6.07, 6.45) is 1.83. The zero-order chi connectivity index (χ0) is 11.7. The van der Waals surface area contributed by atoms with Gasteiger partial charge in [0.1, 0.15) is 11.6 Å². The second-order valence-electron chi connectivity index (χ2n) is 3.74. The molecule has 0 aliphatic rings. The molecule has 0 saturated heterocycles. The van der Waals surface area contributed by atoms with Gasteiger partial charge in [0.15, 0.2) is 0 Å².